The largest absolute Gasteiger partial charge is 0.334 e. The molecule has 0 saturated carbocycles. The Bertz CT molecular complexity index is 937. The summed E-state index contributed by atoms with van der Waals surface area (Å²) in [6, 6.07) is 17.8. The van der Waals surface area contributed by atoms with Gasteiger partial charge in [-0.3, -0.25) is 4.90 Å². The first-order valence-electron chi connectivity index (χ1n) is 9.67. The van der Waals surface area contributed by atoms with Crippen molar-refractivity contribution in [3.63, 3.8) is 0 Å². The number of aromatic nitrogens is 1. The van der Waals surface area contributed by atoms with Crippen LogP contribution in [0.1, 0.15) is 10.6 Å². The molecule has 5 nitrogen and oxygen atoms in total. The van der Waals surface area contributed by atoms with Crippen LogP contribution in [-0.2, 0) is 13.1 Å². The molecule has 0 unspecified atom stereocenters. The van der Waals surface area contributed by atoms with Crippen LogP contribution >= 0.6 is 22.9 Å². The Morgan fingerprint density at radius 2 is 1.76 bits per heavy atom. The number of nitrogens with one attached hydrogen (secondary N) is 1. The Morgan fingerprint density at radius 1 is 1.03 bits per heavy atom. The fraction of sp³-hybridized carbons (Fsp3) is 0.273. The molecule has 4 rings (SSSR count). The van der Waals surface area contributed by atoms with Gasteiger partial charge in [0.15, 0.2) is 0 Å². The molecule has 1 fully saturated rings. The van der Waals surface area contributed by atoms with Crippen LogP contribution < -0.4 is 5.32 Å². The second-order valence-electron chi connectivity index (χ2n) is 7.04. The van der Waals surface area contributed by atoms with E-state index in [1.54, 1.807) is 11.3 Å². The Hall–Kier alpha value is -2.41. The lowest BCUT2D eigenvalue weighted by Crippen LogP contribution is -2.51. The minimum Gasteiger partial charge on any atom is -0.334 e. The quantitative estimate of drug-likeness (QED) is 0.653. The van der Waals surface area contributed by atoms with Crippen LogP contribution in [0.15, 0.2) is 60.0 Å². The first kappa shape index (κ1) is 19.9. The molecule has 3 aromatic rings. The predicted octanol–water partition coefficient (Wildman–Crippen LogP) is 4.49. The number of hydrogen-bond donors (Lipinski definition) is 1. The maximum Gasteiger partial charge on any atom is 0.317 e. The van der Waals surface area contributed by atoms with Crippen molar-refractivity contribution in [2.75, 3.05) is 26.2 Å². The van der Waals surface area contributed by atoms with Gasteiger partial charge in [-0.15, -0.1) is 11.3 Å². The van der Waals surface area contributed by atoms with Gasteiger partial charge in [0.2, 0.25) is 0 Å². The Labute approximate surface area is 179 Å². The Morgan fingerprint density at radius 3 is 2.48 bits per heavy atom. The number of hydrogen-bond acceptors (Lipinski definition) is 4. The summed E-state index contributed by atoms with van der Waals surface area (Å²) in [6.45, 7) is 4.51. The van der Waals surface area contributed by atoms with E-state index in [-0.39, 0.29) is 6.03 Å². The van der Waals surface area contributed by atoms with Gasteiger partial charge in [0.1, 0.15) is 5.01 Å². The Kier molecular flexibility index (Phi) is 6.44. The third-order valence-electron chi connectivity index (χ3n) is 5.00. The first-order valence-corrected chi connectivity index (χ1v) is 10.9. The summed E-state index contributed by atoms with van der Waals surface area (Å²) in [4.78, 5) is 21.4. The number of amides is 2. The van der Waals surface area contributed by atoms with E-state index in [1.807, 2.05) is 47.4 Å². The first-order chi connectivity index (χ1) is 14.2. The second-order valence-corrected chi connectivity index (χ2v) is 8.42. The number of nitrogens with zero attached hydrogens (tertiary/aromatic N) is 3. The average molecular weight is 427 g/mol. The number of carbonyl (C=O) groups excluding carboxylic acids is 1. The molecular weight excluding hydrogens is 404 g/mol. The summed E-state index contributed by atoms with van der Waals surface area (Å²) in [5, 5.41) is 6.92. The molecule has 0 bridgehead atoms. The summed E-state index contributed by atoms with van der Waals surface area (Å²) in [5.41, 5.74) is 3.22. The van der Waals surface area contributed by atoms with E-state index in [9.17, 15) is 4.79 Å². The van der Waals surface area contributed by atoms with Crippen LogP contribution in [0.3, 0.4) is 0 Å². The maximum atomic E-state index is 12.4. The van der Waals surface area contributed by atoms with Gasteiger partial charge in [-0.05, 0) is 17.7 Å². The summed E-state index contributed by atoms with van der Waals surface area (Å²) >= 11 is 7.59. The van der Waals surface area contributed by atoms with Crippen molar-refractivity contribution < 1.29 is 4.79 Å². The topological polar surface area (TPSA) is 48.5 Å². The minimum absolute atomic E-state index is 0.0137. The van der Waals surface area contributed by atoms with Crippen LogP contribution in [-0.4, -0.2) is 47.0 Å². The molecule has 2 amide bonds. The zero-order valence-corrected chi connectivity index (χ0v) is 17.6. The SMILES string of the molecule is O=C(NCc1ccc(Cl)cc1)N1CCN(Cc2nc(-c3ccccc3)cs2)CC1. The van der Waals surface area contributed by atoms with Gasteiger partial charge >= 0.3 is 6.03 Å². The van der Waals surface area contributed by atoms with E-state index in [1.165, 1.54) is 0 Å². The lowest BCUT2D eigenvalue weighted by molar-refractivity contribution is 0.135. The highest BCUT2D eigenvalue weighted by Crippen LogP contribution is 2.22. The number of urea groups is 1. The average Bonchev–Trinajstić information content (AvgIpc) is 3.23. The summed E-state index contributed by atoms with van der Waals surface area (Å²) in [7, 11) is 0. The highest BCUT2D eigenvalue weighted by Gasteiger charge is 2.21. The minimum atomic E-state index is -0.0137. The molecule has 0 radical (unpaired) electrons. The Balaban J connectivity index is 1.23. The fourth-order valence-corrected chi connectivity index (χ4v) is 4.29. The molecule has 2 heterocycles. The highest BCUT2D eigenvalue weighted by molar-refractivity contribution is 7.09. The molecule has 7 heteroatoms. The zero-order chi connectivity index (χ0) is 20.1. The van der Waals surface area contributed by atoms with E-state index in [2.05, 4.69) is 27.7 Å². The van der Waals surface area contributed by atoms with Crippen molar-refractivity contribution in [3.05, 3.63) is 75.6 Å². The van der Waals surface area contributed by atoms with Gasteiger partial charge in [-0.25, -0.2) is 9.78 Å². The monoisotopic (exact) mass is 426 g/mol. The van der Waals surface area contributed by atoms with Gasteiger partial charge in [0, 0.05) is 48.7 Å². The lowest BCUT2D eigenvalue weighted by Gasteiger charge is -2.34. The summed E-state index contributed by atoms with van der Waals surface area (Å²) in [5.74, 6) is 0. The van der Waals surface area contributed by atoms with E-state index in [4.69, 9.17) is 16.6 Å². The van der Waals surface area contributed by atoms with Crippen molar-refractivity contribution in [2.45, 2.75) is 13.1 Å². The van der Waals surface area contributed by atoms with Crippen LogP contribution in [0.4, 0.5) is 4.79 Å². The van der Waals surface area contributed by atoms with Gasteiger partial charge in [0.25, 0.3) is 0 Å². The molecule has 1 saturated heterocycles. The molecule has 0 spiro atoms. The molecule has 0 atom stereocenters. The molecule has 2 aromatic carbocycles. The van der Waals surface area contributed by atoms with Gasteiger partial charge in [-0.2, -0.15) is 0 Å². The lowest BCUT2D eigenvalue weighted by atomic mass is 10.2. The third-order valence-corrected chi connectivity index (χ3v) is 6.08. The van der Waals surface area contributed by atoms with E-state index in [0.717, 1.165) is 54.6 Å². The van der Waals surface area contributed by atoms with E-state index >= 15 is 0 Å². The van der Waals surface area contributed by atoms with Crippen LogP contribution in [0.2, 0.25) is 5.02 Å². The second kappa shape index (κ2) is 9.39. The number of halogens is 1. The molecule has 0 aliphatic carbocycles. The van der Waals surface area contributed by atoms with Crippen molar-refractivity contribution in [1.29, 1.82) is 0 Å². The number of piperazine rings is 1. The van der Waals surface area contributed by atoms with Gasteiger partial charge in [0.05, 0.1) is 12.2 Å². The standard InChI is InChI=1S/C22H23ClN4OS/c23-19-8-6-17(7-9-19)14-24-22(28)27-12-10-26(11-13-27)15-21-25-20(16-29-21)18-4-2-1-3-5-18/h1-9,16H,10-15H2,(H,24,28). The van der Waals surface area contributed by atoms with Crippen LogP contribution in [0.25, 0.3) is 11.3 Å². The normalized spacial score (nSPS) is 14.7. The molecule has 1 aromatic heterocycles. The number of carbonyl (C=O) groups is 1. The summed E-state index contributed by atoms with van der Waals surface area (Å²) in [6.07, 6.45) is 0. The van der Waals surface area contributed by atoms with Gasteiger partial charge in [-0.1, -0.05) is 54.1 Å². The smallest absolute Gasteiger partial charge is 0.317 e. The molecular formula is C22H23ClN4OS. The van der Waals surface area contributed by atoms with E-state index in [0.29, 0.717) is 11.6 Å². The zero-order valence-electron chi connectivity index (χ0n) is 16.1. The van der Waals surface area contributed by atoms with Crippen molar-refractivity contribution >= 4 is 29.0 Å². The van der Waals surface area contributed by atoms with Gasteiger partial charge < -0.3 is 10.2 Å². The third kappa shape index (κ3) is 5.35. The molecule has 1 aliphatic rings. The fourth-order valence-electron chi connectivity index (χ4n) is 3.32. The van der Waals surface area contributed by atoms with Crippen molar-refractivity contribution in [1.82, 2.24) is 20.1 Å². The number of thiazole rings is 1. The molecule has 1 N–H and O–H groups in total. The number of rotatable bonds is 5. The molecule has 1 aliphatic heterocycles. The summed E-state index contributed by atoms with van der Waals surface area (Å²) < 4.78 is 0. The van der Waals surface area contributed by atoms with Crippen LogP contribution in [0.5, 0.6) is 0 Å². The maximum absolute atomic E-state index is 12.4. The number of benzene rings is 2. The predicted molar refractivity (Wildman–Crippen MR) is 118 cm³/mol. The highest BCUT2D eigenvalue weighted by atomic mass is 35.5. The molecule has 29 heavy (non-hydrogen) atoms. The van der Waals surface area contributed by atoms with Crippen molar-refractivity contribution in [2.24, 2.45) is 0 Å². The van der Waals surface area contributed by atoms with Crippen LogP contribution in [0, 0.1) is 0 Å². The molecule has 150 valence electrons. The van der Waals surface area contributed by atoms with Crippen molar-refractivity contribution in [3.8, 4) is 11.3 Å². The van der Waals surface area contributed by atoms with E-state index < -0.39 is 0 Å².